The first kappa shape index (κ1) is 24.4. The SMILES string of the molecule is CCCCCCCCCCOC(=O)c1ccccc1C(=O)OCCOc1ccccc1. The predicted octanol–water partition coefficient (Wildman–Crippen LogP) is 6.22. The fraction of sp³-hybridized carbons (Fsp3) is 0.462. The smallest absolute Gasteiger partial charge is 0.339 e. The third kappa shape index (κ3) is 9.69. The van der Waals surface area contributed by atoms with Gasteiger partial charge in [0.05, 0.1) is 17.7 Å². The molecule has 0 saturated heterocycles. The van der Waals surface area contributed by atoms with E-state index in [1.807, 2.05) is 30.3 Å². The number of para-hydroxylation sites is 1. The van der Waals surface area contributed by atoms with E-state index >= 15 is 0 Å². The third-order valence-electron chi connectivity index (χ3n) is 4.93. The molecular formula is C26H34O5. The second kappa shape index (κ2) is 15.1. The van der Waals surface area contributed by atoms with Crippen LogP contribution in [0.1, 0.15) is 79.0 Å². The lowest BCUT2D eigenvalue weighted by Gasteiger charge is -2.10. The molecule has 0 aliphatic heterocycles. The Labute approximate surface area is 185 Å². The zero-order valence-electron chi connectivity index (χ0n) is 18.5. The van der Waals surface area contributed by atoms with Crippen LogP contribution in [0.5, 0.6) is 5.75 Å². The largest absolute Gasteiger partial charge is 0.490 e. The molecule has 5 heteroatoms. The molecule has 0 unspecified atom stereocenters. The highest BCUT2D eigenvalue weighted by molar-refractivity contribution is 6.03. The fourth-order valence-corrected chi connectivity index (χ4v) is 3.21. The minimum absolute atomic E-state index is 0.0926. The van der Waals surface area contributed by atoms with E-state index < -0.39 is 11.9 Å². The number of benzene rings is 2. The summed E-state index contributed by atoms with van der Waals surface area (Å²) >= 11 is 0. The van der Waals surface area contributed by atoms with Gasteiger partial charge in [-0.3, -0.25) is 0 Å². The average Bonchev–Trinajstić information content (AvgIpc) is 2.81. The summed E-state index contributed by atoms with van der Waals surface area (Å²) in [6, 6.07) is 15.9. The van der Waals surface area contributed by atoms with Gasteiger partial charge in [-0.15, -0.1) is 0 Å². The summed E-state index contributed by atoms with van der Waals surface area (Å²) in [6.45, 7) is 2.91. The number of hydrogen-bond donors (Lipinski definition) is 0. The Morgan fingerprint density at radius 1 is 0.613 bits per heavy atom. The van der Waals surface area contributed by atoms with Crippen molar-refractivity contribution in [3.8, 4) is 5.75 Å². The Hall–Kier alpha value is -2.82. The molecule has 0 N–H and O–H groups in total. The Bertz CT molecular complexity index is 772. The molecule has 0 atom stereocenters. The van der Waals surface area contributed by atoms with Gasteiger partial charge in [-0.1, -0.05) is 82.2 Å². The van der Waals surface area contributed by atoms with Crippen LogP contribution in [-0.4, -0.2) is 31.8 Å². The second-order valence-electron chi connectivity index (χ2n) is 7.45. The molecule has 2 rings (SSSR count). The van der Waals surface area contributed by atoms with Gasteiger partial charge in [-0.25, -0.2) is 9.59 Å². The number of rotatable bonds is 15. The number of esters is 2. The number of carbonyl (C=O) groups excluding carboxylic acids is 2. The third-order valence-corrected chi connectivity index (χ3v) is 4.93. The van der Waals surface area contributed by atoms with Crippen molar-refractivity contribution >= 4 is 11.9 Å². The molecule has 2 aromatic carbocycles. The van der Waals surface area contributed by atoms with Crippen LogP contribution in [0.4, 0.5) is 0 Å². The van der Waals surface area contributed by atoms with E-state index in [2.05, 4.69) is 6.92 Å². The highest BCUT2D eigenvalue weighted by atomic mass is 16.6. The summed E-state index contributed by atoms with van der Waals surface area (Å²) in [6.07, 6.45) is 9.42. The molecule has 5 nitrogen and oxygen atoms in total. The van der Waals surface area contributed by atoms with Crippen LogP contribution in [0.3, 0.4) is 0 Å². The standard InChI is InChI=1S/C26H34O5/c1-2-3-4-5-6-7-8-14-19-30-25(27)23-17-12-13-18-24(23)26(28)31-21-20-29-22-15-10-9-11-16-22/h9-13,15-18H,2-8,14,19-21H2,1H3. The highest BCUT2D eigenvalue weighted by Gasteiger charge is 2.18. The number of carbonyl (C=O) groups is 2. The molecule has 0 heterocycles. The Morgan fingerprint density at radius 2 is 1.13 bits per heavy atom. The van der Waals surface area contributed by atoms with E-state index in [0.29, 0.717) is 12.4 Å². The van der Waals surface area contributed by atoms with Crippen molar-refractivity contribution in [3.63, 3.8) is 0 Å². The van der Waals surface area contributed by atoms with Gasteiger partial charge in [0.15, 0.2) is 0 Å². The lowest BCUT2D eigenvalue weighted by atomic mass is 10.1. The maximum atomic E-state index is 12.4. The summed E-state index contributed by atoms with van der Waals surface area (Å²) < 4.78 is 16.2. The monoisotopic (exact) mass is 426 g/mol. The first-order valence-electron chi connectivity index (χ1n) is 11.3. The van der Waals surface area contributed by atoms with E-state index in [9.17, 15) is 9.59 Å². The van der Waals surface area contributed by atoms with Crippen molar-refractivity contribution in [2.75, 3.05) is 19.8 Å². The fourth-order valence-electron chi connectivity index (χ4n) is 3.21. The molecule has 0 bridgehead atoms. The summed E-state index contributed by atoms with van der Waals surface area (Å²) in [5.74, 6) is -0.337. The maximum Gasteiger partial charge on any atom is 0.339 e. The van der Waals surface area contributed by atoms with Gasteiger partial charge in [0, 0.05) is 0 Å². The Morgan fingerprint density at radius 3 is 1.74 bits per heavy atom. The number of ether oxygens (including phenoxy) is 3. The van der Waals surface area contributed by atoms with Crippen LogP contribution in [0.25, 0.3) is 0 Å². The molecule has 2 aromatic rings. The van der Waals surface area contributed by atoms with Crippen LogP contribution in [-0.2, 0) is 9.47 Å². The van der Waals surface area contributed by atoms with Gasteiger partial charge in [0.25, 0.3) is 0 Å². The van der Waals surface area contributed by atoms with E-state index in [1.165, 1.54) is 32.1 Å². The van der Waals surface area contributed by atoms with Crippen LogP contribution in [0, 0.1) is 0 Å². The first-order valence-corrected chi connectivity index (χ1v) is 11.3. The molecule has 0 amide bonds. The van der Waals surface area contributed by atoms with Crippen molar-refractivity contribution in [2.45, 2.75) is 58.3 Å². The van der Waals surface area contributed by atoms with E-state index in [-0.39, 0.29) is 24.3 Å². The van der Waals surface area contributed by atoms with Crippen molar-refractivity contribution in [2.24, 2.45) is 0 Å². The highest BCUT2D eigenvalue weighted by Crippen LogP contribution is 2.14. The molecule has 0 aliphatic carbocycles. The quantitative estimate of drug-likeness (QED) is 0.250. The second-order valence-corrected chi connectivity index (χ2v) is 7.45. The van der Waals surface area contributed by atoms with Gasteiger partial charge < -0.3 is 14.2 Å². The lowest BCUT2D eigenvalue weighted by molar-refractivity contribution is 0.0422. The normalized spacial score (nSPS) is 10.5. The first-order chi connectivity index (χ1) is 15.2. The van der Waals surface area contributed by atoms with Gasteiger partial charge >= 0.3 is 11.9 Å². The topological polar surface area (TPSA) is 61.8 Å². The molecule has 0 radical (unpaired) electrons. The average molecular weight is 427 g/mol. The van der Waals surface area contributed by atoms with Crippen LogP contribution in [0.2, 0.25) is 0 Å². The van der Waals surface area contributed by atoms with Crippen molar-refractivity contribution in [1.82, 2.24) is 0 Å². The molecule has 31 heavy (non-hydrogen) atoms. The Balaban J connectivity index is 1.69. The number of unbranched alkanes of at least 4 members (excludes halogenated alkanes) is 7. The van der Waals surface area contributed by atoms with E-state index in [1.54, 1.807) is 24.3 Å². The van der Waals surface area contributed by atoms with Crippen molar-refractivity contribution < 1.29 is 23.8 Å². The molecule has 168 valence electrons. The van der Waals surface area contributed by atoms with Crippen LogP contribution >= 0.6 is 0 Å². The van der Waals surface area contributed by atoms with Crippen LogP contribution in [0.15, 0.2) is 54.6 Å². The zero-order valence-corrected chi connectivity index (χ0v) is 18.5. The van der Waals surface area contributed by atoms with Gasteiger partial charge in [-0.2, -0.15) is 0 Å². The molecule has 0 spiro atoms. The van der Waals surface area contributed by atoms with Crippen LogP contribution < -0.4 is 4.74 Å². The van der Waals surface area contributed by atoms with Crippen molar-refractivity contribution in [1.29, 1.82) is 0 Å². The molecular weight excluding hydrogens is 392 g/mol. The predicted molar refractivity (Wildman–Crippen MR) is 122 cm³/mol. The molecule has 0 fully saturated rings. The lowest BCUT2D eigenvalue weighted by Crippen LogP contribution is -2.17. The Kier molecular flexibility index (Phi) is 11.9. The summed E-state index contributed by atoms with van der Waals surface area (Å²) in [5, 5.41) is 0. The van der Waals surface area contributed by atoms with Gasteiger partial charge in [0.1, 0.15) is 19.0 Å². The molecule has 0 aliphatic rings. The molecule has 0 saturated carbocycles. The minimum atomic E-state index is -0.559. The summed E-state index contributed by atoms with van der Waals surface area (Å²) in [7, 11) is 0. The maximum absolute atomic E-state index is 12.4. The molecule has 0 aromatic heterocycles. The van der Waals surface area contributed by atoms with Gasteiger partial charge in [-0.05, 0) is 30.7 Å². The summed E-state index contributed by atoms with van der Waals surface area (Å²) in [5.41, 5.74) is 0.444. The number of hydrogen-bond acceptors (Lipinski definition) is 5. The van der Waals surface area contributed by atoms with Crippen molar-refractivity contribution in [3.05, 3.63) is 65.7 Å². The zero-order chi connectivity index (χ0) is 22.2. The summed E-state index contributed by atoms with van der Waals surface area (Å²) in [4.78, 5) is 24.9. The van der Waals surface area contributed by atoms with Gasteiger partial charge in [0.2, 0.25) is 0 Å². The van der Waals surface area contributed by atoms with E-state index in [0.717, 1.165) is 19.3 Å². The minimum Gasteiger partial charge on any atom is -0.490 e. The van der Waals surface area contributed by atoms with E-state index in [4.69, 9.17) is 14.2 Å².